The second kappa shape index (κ2) is 11.9. The average Bonchev–Trinajstić information content (AvgIpc) is 3.38. The molecule has 3 aromatic rings. The van der Waals surface area contributed by atoms with Crippen LogP contribution < -0.4 is 10.8 Å². The Labute approximate surface area is 204 Å². The third-order valence-electron chi connectivity index (χ3n) is 5.43. The molecule has 2 aromatic heterocycles. The summed E-state index contributed by atoms with van der Waals surface area (Å²) in [5.74, 6) is -0.456. The lowest BCUT2D eigenvalue weighted by Gasteiger charge is -2.21. The molecule has 1 atom stereocenters. The van der Waals surface area contributed by atoms with E-state index in [1.165, 1.54) is 24.5 Å². The predicted molar refractivity (Wildman–Crippen MR) is 130 cm³/mol. The van der Waals surface area contributed by atoms with Crippen molar-refractivity contribution in [2.24, 2.45) is 0 Å². The maximum Gasteiger partial charge on any atom is 0.267 e. The Balaban J connectivity index is 1.30. The number of ether oxygens (including phenoxy) is 1. The van der Waals surface area contributed by atoms with Crippen molar-refractivity contribution in [3.8, 4) is 0 Å². The number of hydrogen-bond acceptors (Lipinski definition) is 7. The van der Waals surface area contributed by atoms with E-state index in [1.807, 2.05) is 12.1 Å². The van der Waals surface area contributed by atoms with E-state index in [4.69, 9.17) is 9.57 Å². The normalized spacial score (nSPS) is 16.4. The van der Waals surface area contributed by atoms with Crippen molar-refractivity contribution >= 4 is 22.0 Å². The van der Waals surface area contributed by atoms with Gasteiger partial charge in [-0.25, -0.2) is 22.7 Å². The first-order valence-corrected chi connectivity index (χ1v) is 12.8. The molecule has 0 radical (unpaired) electrons. The van der Waals surface area contributed by atoms with Crippen LogP contribution in [0.15, 0.2) is 78.2 Å². The number of hydroxylamine groups is 1. The fourth-order valence-electron chi connectivity index (χ4n) is 3.53. The molecule has 2 N–H and O–H groups in total. The SMILES string of the molecule is O=C(/C=C/c1ccn(S(=O)(=O)c2ccc(CNCc3cccnc3)cc2)c1)NOC1CCCCO1. The Kier molecular flexibility index (Phi) is 8.43. The Morgan fingerprint density at radius 2 is 1.97 bits per heavy atom. The molecule has 3 heterocycles. The van der Waals surface area contributed by atoms with Gasteiger partial charge in [0.25, 0.3) is 15.9 Å². The summed E-state index contributed by atoms with van der Waals surface area (Å²) in [5.41, 5.74) is 4.94. The van der Waals surface area contributed by atoms with Crippen LogP contribution in [0.2, 0.25) is 0 Å². The number of amides is 1. The lowest BCUT2D eigenvalue weighted by molar-refractivity contribution is -0.198. The zero-order valence-electron chi connectivity index (χ0n) is 19.2. The van der Waals surface area contributed by atoms with E-state index >= 15 is 0 Å². The van der Waals surface area contributed by atoms with Gasteiger partial charge in [-0.1, -0.05) is 18.2 Å². The molecule has 1 fully saturated rings. The number of pyridine rings is 1. The lowest BCUT2D eigenvalue weighted by atomic mass is 10.2. The largest absolute Gasteiger partial charge is 0.350 e. The van der Waals surface area contributed by atoms with Crippen molar-refractivity contribution in [2.45, 2.75) is 43.5 Å². The summed E-state index contributed by atoms with van der Waals surface area (Å²) in [5, 5.41) is 3.31. The van der Waals surface area contributed by atoms with E-state index in [1.54, 1.807) is 42.7 Å². The second-order valence-electron chi connectivity index (χ2n) is 8.10. The van der Waals surface area contributed by atoms with Crippen LogP contribution in [0.3, 0.4) is 0 Å². The van der Waals surface area contributed by atoms with Crippen LogP contribution in [-0.4, -0.2) is 36.2 Å². The zero-order chi connectivity index (χ0) is 24.5. The van der Waals surface area contributed by atoms with Crippen LogP contribution >= 0.6 is 0 Å². The Hall–Kier alpha value is -3.31. The Morgan fingerprint density at radius 3 is 2.71 bits per heavy atom. The van der Waals surface area contributed by atoms with Crippen molar-refractivity contribution in [2.75, 3.05) is 6.61 Å². The first-order valence-electron chi connectivity index (χ1n) is 11.4. The molecule has 10 heteroatoms. The Bertz CT molecular complexity index is 1230. The maximum atomic E-state index is 13.0. The van der Waals surface area contributed by atoms with E-state index in [0.29, 0.717) is 25.3 Å². The molecule has 0 saturated carbocycles. The van der Waals surface area contributed by atoms with Gasteiger partial charge in [-0.05, 0) is 59.9 Å². The van der Waals surface area contributed by atoms with Gasteiger partial charge in [-0.2, -0.15) is 0 Å². The molecule has 0 spiro atoms. The highest BCUT2D eigenvalue weighted by Crippen LogP contribution is 2.17. The van der Waals surface area contributed by atoms with Gasteiger partial charge >= 0.3 is 0 Å². The summed E-state index contributed by atoms with van der Waals surface area (Å²) >= 11 is 0. The van der Waals surface area contributed by atoms with E-state index < -0.39 is 22.2 Å². The molecular formula is C25H28N4O5S. The highest BCUT2D eigenvalue weighted by molar-refractivity contribution is 7.90. The van der Waals surface area contributed by atoms with Crippen LogP contribution in [0, 0.1) is 0 Å². The lowest BCUT2D eigenvalue weighted by Crippen LogP contribution is -2.32. The summed E-state index contributed by atoms with van der Waals surface area (Å²) in [6.07, 6.45) is 11.5. The monoisotopic (exact) mass is 496 g/mol. The molecule has 0 aliphatic carbocycles. The fourth-order valence-corrected chi connectivity index (χ4v) is 4.73. The molecule has 1 aliphatic heterocycles. The summed E-state index contributed by atoms with van der Waals surface area (Å²) in [6, 6.07) is 12.2. The van der Waals surface area contributed by atoms with E-state index in [0.717, 1.165) is 34.4 Å². The van der Waals surface area contributed by atoms with Crippen LogP contribution in [0.4, 0.5) is 0 Å². The zero-order valence-corrected chi connectivity index (χ0v) is 20.0. The van der Waals surface area contributed by atoms with Crippen LogP contribution in [0.1, 0.15) is 36.0 Å². The minimum Gasteiger partial charge on any atom is -0.350 e. The molecule has 1 saturated heterocycles. The standard InChI is InChI=1S/C25H28N4O5S/c30-24(28-34-25-5-1-2-15-33-25)11-8-21-12-14-29(19-21)35(31,32)23-9-6-20(7-10-23)16-27-18-22-4-3-13-26-17-22/h3-4,6-14,17,19,25,27H,1-2,5,15-16,18H2,(H,28,30)/b11-8+. The number of benzene rings is 1. The van der Waals surface area contributed by atoms with Gasteiger partial charge < -0.3 is 10.1 Å². The summed E-state index contributed by atoms with van der Waals surface area (Å²) in [4.78, 5) is 21.4. The quantitative estimate of drug-likeness (QED) is 0.328. The molecule has 9 nitrogen and oxygen atoms in total. The van der Waals surface area contributed by atoms with Crippen LogP contribution in [-0.2, 0) is 37.5 Å². The minimum absolute atomic E-state index is 0.179. The molecule has 184 valence electrons. The van der Waals surface area contributed by atoms with E-state index in [9.17, 15) is 13.2 Å². The summed E-state index contributed by atoms with van der Waals surface area (Å²) in [6.45, 7) is 1.89. The number of nitrogens with one attached hydrogen (secondary N) is 2. The van der Waals surface area contributed by atoms with E-state index in [-0.39, 0.29) is 4.90 Å². The predicted octanol–water partition coefficient (Wildman–Crippen LogP) is 3.00. The van der Waals surface area contributed by atoms with Crippen molar-refractivity contribution in [3.05, 3.63) is 90.0 Å². The average molecular weight is 497 g/mol. The smallest absolute Gasteiger partial charge is 0.267 e. The molecule has 4 rings (SSSR count). The first-order chi connectivity index (χ1) is 17.0. The molecule has 1 aliphatic rings. The van der Waals surface area contributed by atoms with Gasteiger partial charge in [0.05, 0.1) is 4.90 Å². The van der Waals surface area contributed by atoms with E-state index in [2.05, 4.69) is 15.8 Å². The van der Waals surface area contributed by atoms with Gasteiger partial charge in [0.15, 0.2) is 6.29 Å². The third kappa shape index (κ3) is 7.09. The summed E-state index contributed by atoms with van der Waals surface area (Å²) in [7, 11) is -3.75. The van der Waals surface area contributed by atoms with Gasteiger partial charge in [0, 0.05) is 57.0 Å². The van der Waals surface area contributed by atoms with Crippen molar-refractivity contribution in [1.29, 1.82) is 0 Å². The van der Waals surface area contributed by atoms with Crippen molar-refractivity contribution in [3.63, 3.8) is 0 Å². The molecule has 1 amide bonds. The topological polar surface area (TPSA) is 112 Å². The van der Waals surface area contributed by atoms with Crippen LogP contribution in [0.25, 0.3) is 6.08 Å². The number of nitrogens with zero attached hydrogens (tertiary/aromatic N) is 2. The fraction of sp³-hybridized carbons (Fsp3) is 0.280. The van der Waals surface area contributed by atoms with Crippen molar-refractivity contribution < 1.29 is 22.8 Å². The molecule has 1 unspecified atom stereocenters. The molecular weight excluding hydrogens is 468 g/mol. The molecule has 1 aromatic carbocycles. The molecule has 0 bridgehead atoms. The van der Waals surface area contributed by atoms with Crippen molar-refractivity contribution in [1.82, 2.24) is 19.8 Å². The number of carbonyl (C=O) groups excluding carboxylic acids is 1. The third-order valence-corrected chi connectivity index (χ3v) is 7.08. The number of aromatic nitrogens is 2. The van der Waals surface area contributed by atoms with Gasteiger partial charge in [0.1, 0.15) is 0 Å². The van der Waals surface area contributed by atoms with Gasteiger partial charge in [-0.15, -0.1) is 0 Å². The number of hydrogen-bond donors (Lipinski definition) is 2. The minimum atomic E-state index is -3.75. The summed E-state index contributed by atoms with van der Waals surface area (Å²) < 4.78 is 32.5. The number of rotatable bonds is 10. The Morgan fingerprint density at radius 1 is 1.14 bits per heavy atom. The molecule has 35 heavy (non-hydrogen) atoms. The first kappa shape index (κ1) is 24.8. The van der Waals surface area contributed by atoms with Crippen LogP contribution in [0.5, 0.6) is 0 Å². The highest BCUT2D eigenvalue weighted by Gasteiger charge is 2.17. The highest BCUT2D eigenvalue weighted by atomic mass is 32.2. The number of carbonyl (C=O) groups is 1. The van der Waals surface area contributed by atoms with Gasteiger partial charge in [-0.3, -0.25) is 9.78 Å². The second-order valence-corrected chi connectivity index (χ2v) is 9.95. The van der Waals surface area contributed by atoms with Gasteiger partial charge in [0.2, 0.25) is 0 Å². The maximum absolute atomic E-state index is 13.0.